The third-order valence-electron chi connectivity index (χ3n) is 4.27. The number of amides is 2. The lowest BCUT2D eigenvalue weighted by Crippen LogP contribution is -2.41. The third kappa shape index (κ3) is 3.74. The highest BCUT2D eigenvalue weighted by Crippen LogP contribution is 2.44. The monoisotopic (exact) mass is 340 g/mol. The zero-order valence-electron chi connectivity index (χ0n) is 13.9. The van der Waals surface area contributed by atoms with Gasteiger partial charge in [-0.25, -0.2) is 9.59 Å². The Morgan fingerprint density at radius 3 is 2.20 bits per heavy atom. The number of carbonyl (C=O) groups is 2. The van der Waals surface area contributed by atoms with Gasteiger partial charge in [0.15, 0.2) is 0 Å². The molecule has 1 unspecified atom stereocenters. The van der Waals surface area contributed by atoms with Gasteiger partial charge in [-0.05, 0) is 29.2 Å². The SMILES string of the molecule is CC(CNC(=O)O)NC(=O)OCC1c2ccccc2-c2ccccc21. The van der Waals surface area contributed by atoms with Gasteiger partial charge in [0.05, 0.1) is 0 Å². The van der Waals surface area contributed by atoms with Gasteiger partial charge in [-0.1, -0.05) is 48.5 Å². The van der Waals surface area contributed by atoms with Gasteiger partial charge in [-0.15, -0.1) is 0 Å². The number of nitrogens with one attached hydrogen (secondary N) is 2. The molecule has 0 heterocycles. The molecule has 0 aliphatic heterocycles. The largest absolute Gasteiger partial charge is 0.465 e. The van der Waals surface area contributed by atoms with Crippen LogP contribution in [0.15, 0.2) is 48.5 Å². The van der Waals surface area contributed by atoms with Gasteiger partial charge < -0.3 is 20.5 Å². The van der Waals surface area contributed by atoms with Crippen molar-refractivity contribution in [2.24, 2.45) is 0 Å². The summed E-state index contributed by atoms with van der Waals surface area (Å²) in [6.45, 7) is 2.07. The number of carboxylic acid groups (broad SMARTS) is 1. The van der Waals surface area contributed by atoms with Crippen molar-refractivity contribution >= 4 is 12.2 Å². The summed E-state index contributed by atoms with van der Waals surface area (Å²) in [5.41, 5.74) is 4.64. The van der Waals surface area contributed by atoms with Crippen molar-refractivity contribution in [3.05, 3.63) is 59.7 Å². The minimum Gasteiger partial charge on any atom is -0.465 e. The molecule has 2 amide bonds. The Bertz CT molecular complexity index is 745. The first-order chi connectivity index (χ1) is 12.1. The van der Waals surface area contributed by atoms with Gasteiger partial charge >= 0.3 is 12.2 Å². The summed E-state index contributed by atoms with van der Waals surface area (Å²) in [4.78, 5) is 22.4. The number of hydrogen-bond acceptors (Lipinski definition) is 3. The Morgan fingerprint density at radius 1 is 1.08 bits per heavy atom. The van der Waals surface area contributed by atoms with E-state index < -0.39 is 12.2 Å². The molecule has 3 rings (SSSR count). The fraction of sp³-hybridized carbons (Fsp3) is 0.263. The molecular formula is C19H20N2O4. The van der Waals surface area contributed by atoms with E-state index in [1.54, 1.807) is 6.92 Å². The lowest BCUT2D eigenvalue weighted by molar-refractivity contribution is 0.139. The lowest BCUT2D eigenvalue weighted by Gasteiger charge is -2.17. The van der Waals surface area contributed by atoms with Crippen molar-refractivity contribution in [2.45, 2.75) is 18.9 Å². The molecule has 2 aromatic rings. The summed E-state index contributed by atoms with van der Waals surface area (Å²) in [6.07, 6.45) is -1.68. The topological polar surface area (TPSA) is 87.7 Å². The summed E-state index contributed by atoms with van der Waals surface area (Å²) in [5, 5.41) is 13.4. The zero-order chi connectivity index (χ0) is 17.8. The van der Waals surface area contributed by atoms with Crippen LogP contribution in [0.2, 0.25) is 0 Å². The summed E-state index contributed by atoms with van der Waals surface area (Å²) >= 11 is 0. The maximum absolute atomic E-state index is 12.0. The fourth-order valence-corrected chi connectivity index (χ4v) is 3.13. The van der Waals surface area contributed by atoms with E-state index in [4.69, 9.17) is 9.84 Å². The van der Waals surface area contributed by atoms with Crippen molar-refractivity contribution < 1.29 is 19.4 Å². The molecule has 6 nitrogen and oxygen atoms in total. The molecule has 2 aromatic carbocycles. The summed E-state index contributed by atoms with van der Waals surface area (Å²) in [6, 6.07) is 15.9. The van der Waals surface area contributed by atoms with Crippen LogP contribution in [0.3, 0.4) is 0 Å². The number of rotatable bonds is 5. The van der Waals surface area contributed by atoms with E-state index in [-0.39, 0.29) is 25.1 Å². The molecule has 3 N–H and O–H groups in total. The normalized spacial score (nSPS) is 13.5. The van der Waals surface area contributed by atoms with Crippen molar-refractivity contribution in [1.29, 1.82) is 0 Å². The van der Waals surface area contributed by atoms with Crippen LogP contribution in [0.1, 0.15) is 24.0 Å². The molecule has 0 spiro atoms. The van der Waals surface area contributed by atoms with Crippen molar-refractivity contribution in [3.8, 4) is 11.1 Å². The number of hydrogen-bond donors (Lipinski definition) is 3. The molecule has 1 aliphatic carbocycles. The van der Waals surface area contributed by atoms with Crippen LogP contribution in [-0.2, 0) is 4.74 Å². The van der Waals surface area contributed by atoms with Gasteiger partial charge in [0.25, 0.3) is 0 Å². The summed E-state index contributed by atoms with van der Waals surface area (Å²) < 4.78 is 5.39. The first-order valence-electron chi connectivity index (χ1n) is 8.14. The first-order valence-corrected chi connectivity index (χ1v) is 8.14. The number of carbonyl (C=O) groups excluding carboxylic acids is 1. The number of fused-ring (bicyclic) bond motifs is 3. The van der Waals surface area contributed by atoms with Crippen LogP contribution in [0.4, 0.5) is 9.59 Å². The summed E-state index contributed by atoms with van der Waals surface area (Å²) in [7, 11) is 0. The van der Waals surface area contributed by atoms with E-state index in [0.29, 0.717) is 0 Å². The van der Waals surface area contributed by atoms with Crippen molar-refractivity contribution in [2.75, 3.05) is 13.2 Å². The Balaban J connectivity index is 1.63. The molecule has 0 aromatic heterocycles. The lowest BCUT2D eigenvalue weighted by atomic mass is 9.98. The van der Waals surface area contributed by atoms with Crippen LogP contribution < -0.4 is 10.6 Å². The number of alkyl carbamates (subject to hydrolysis) is 1. The number of benzene rings is 2. The maximum atomic E-state index is 12.0. The fourth-order valence-electron chi connectivity index (χ4n) is 3.13. The summed E-state index contributed by atoms with van der Waals surface area (Å²) in [5.74, 6) is 0.00519. The molecule has 0 fully saturated rings. The quantitative estimate of drug-likeness (QED) is 0.780. The Hall–Kier alpha value is -3.02. The molecule has 130 valence electrons. The Morgan fingerprint density at radius 2 is 1.64 bits per heavy atom. The second kappa shape index (κ2) is 7.25. The highest BCUT2D eigenvalue weighted by molar-refractivity contribution is 5.79. The third-order valence-corrected chi connectivity index (χ3v) is 4.27. The van der Waals surface area contributed by atoms with E-state index in [1.807, 2.05) is 24.3 Å². The van der Waals surface area contributed by atoms with Gasteiger partial charge in [0, 0.05) is 18.5 Å². The average Bonchev–Trinajstić information content (AvgIpc) is 2.92. The molecule has 0 saturated carbocycles. The van der Waals surface area contributed by atoms with E-state index in [1.165, 1.54) is 11.1 Å². The van der Waals surface area contributed by atoms with Crippen LogP contribution >= 0.6 is 0 Å². The van der Waals surface area contributed by atoms with Gasteiger partial charge in [-0.3, -0.25) is 0 Å². The predicted octanol–water partition coefficient (Wildman–Crippen LogP) is 3.18. The average molecular weight is 340 g/mol. The van der Waals surface area contributed by atoms with Gasteiger partial charge in [0.1, 0.15) is 6.61 Å². The molecule has 0 radical (unpaired) electrons. The molecule has 1 atom stereocenters. The highest BCUT2D eigenvalue weighted by atomic mass is 16.5. The van der Waals surface area contributed by atoms with Gasteiger partial charge in [0.2, 0.25) is 0 Å². The second-order valence-corrected chi connectivity index (χ2v) is 6.06. The van der Waals surface area contributed by atoms with Crippen molar-refractivity contribution in [1.82, 2.24) is 10.6 Å². The predicted molar refractivity (Wildman–Crippen MR) is 93.7 cm³/mol. The smallest absolute Gasteiger partial charge is 0.407 e. The van der Waals surface area contributed by atoms with E-state index in [2.05, 4.69) is 34.9 Å². The molecule has 6 heteroatoms. The van der Waals surface area contributed by atoms with Crippen LogP contribution in [0.5, 0.6) is 0 Å². The zero-order valence-corrected chi connectivity index (χ0v) is 13.9. The molecule has 0 bridgehead atoms. The first kappa shape index (κ1) is 16.8. The number of ether oxygens (including phenoxy) is 1. The molecular weight excluding hydrogens is 320 g/mol. The molecule has 1 aliphatic rings. The van der Waals surface area contributed by atoms with Crippen LogP contribution in [0, 0.1) is 0 Å². The van der Waals surface area contributed by atoms with Crippen molar-refractivity contribution in [3.63, 3.8) is 0 Å². The van der Waals surface area contributed by atoms with Crippen LogP contribution in [-0.4, -0.2) is 36.5 Å². The van der Waals surface area contributed by atoms with E-state index >= 15 is 0 Å². The highest BCUT2D eigenvalue weighted by Gasteiger charge is 2.29. The van der Waals surface area contributed by atoms with E-state index in [0.717, 1.165) is 11.1 Å². The second-order valence-electron chi connectivity index (χ2n) is 6.06. The molecule has 0 saturated heterocycles. The van der Waals surface area contributed by atoms with E-state index in [9.17, 15) is 9.59 Å². The Kier molecular flexibility index (Phi) is 4.88. The minimum absolute atomic E-state index is 0.00519. The Labute approximate surface area is 145 Å². The minimum atomic E-state index is -1.12. The molecule has 25 heavy (non-hydrogen) atoms. The van der Waals surface area contributed by atoms with Gasteiger partial charge in [-0.2, -0.15) is 0 Å². The standard InChI is InChI=1S/C19H20N2O4/c1-12(10-20-18(22)23)21-19(24)25-11-17-15-8-4-2-6-13(15)14-7-3-5-9-16(14)17/h2-9,12,17,20H,10-11H2,1H3,(H,21,24)(H,22,23). The maximum Gasteiger partial charge on any atom is 0.407 e. The van der Waals surface area contributed by atoms with Crippen LogP contribution in [0.25, 0.3) is 11.1 Å².